The maximum absolute atomic E-state index is 4.15. The molecule has 1 aliphatic carbocycles. The summed E-state index contributed by atoms with van der Waals surface area (Å²) in [5.74, 6) is 0. The van der Waals surface area contributed by atoms with Crippen molar-refractivity contribution in [3.8, 4) is 0 Å². The highest BCUT2D eigenvalue weighted by molar-refractivity contribution is 6.06. The fourth-order valence-corrected chi connectivity index (χ4v) is 0.661. The monoisotopic (exact) mass is 122 g/mol. The van der Waals surface area contributed by atoms with Crippen LogP contribution in [0.15, 0.2) is 29.4 Å². The standard InChI is InChI=1S/C7H10N2/c1-9(2)8-7-5-3-4-6-7/h3-6H,1-2H3. The van der Waals surface area contributed by atoms with Gasteiger partial charge in [-0.25, -0.2) is 0 Å². The van der Waals surface area contributed by atoms with Crippen LogP contribution in [0.4, 0.5) is 0 Å². The average molecular weight is 122 g/mol. The Balaban J connectivity index is 2.62. The van der Waals surface area contributed by atoms with Crippen molar-refractivity contribution in [2.24, 2.45) is 5.10 Å². The first-order valence-corrected chi connectivity index (χ1v) is 2.90. The Morgan fingerprint density at radius 3 is 2.22 bits per heavy atom. The van der Waals surface area contributed by atoms with E-state index in [1.54, 1.807) is 5.01 Å². The van der Waals surface area contributed by atoms with Crippen molar-refractivity contribution < 1.29 is 0 Å². The zero-order valence-electron chi connectivity index (χ0n) is 5.70. The van der Waals surface area contributed by atoms with Crippen LogP contribution in [0.5, 0.6) is 0 Å². The molecule has 1 rings (SSSR count). The Bertz CT molecular complexity index is 161. The van der Waals surface area contributed by atoms with Gasteiger partial charge in [0.05, 0.1) is 5.71 Å². The molecule has 0 aromatic carbocycles. The van der Waals surface area contributed by atoms with Crippen molar-refractivity contribution in [1.82, 2.24) is 5.01 Å². The topological polar surface area (TPSA) is 15.6 Å². The zero-order valence-corrected chi connectivity index (χ0v) is 5.70. The van der Waals surface area contributed by atoms with Gasteiger partial charge in [0.2, 0.25) is 0 Å². The molecule has 48 valence electrons. The van der Waals surface area contributed by atoms with Gasteiger partial charge in [0.15, 0.2) is 0 Å². The Morgan fingerprint density at radius 1 is 1.22 bits per heavy atom. The largest absolute Gasteiger partial charge is 0.303 e. The fourth-order valence-electron chi connectivity index (χ4n) is 0.661. The minimum absolute atomic E-state index is 1.01. The van der Waals surface area contributed by atoms with Crippen molar-refractivity contribution in [3.63, 3.8) is 0 Å². The van der Waals surface area contributed by atoms with E-state index in [4.69, 9.17) is 0 Å². The van der Waals surface area contributed by atoms with Crippen LogP contribution in [0, 0.1) is 0 Å². The first-order valence-electron chi connectivity index (χ1n) is 2.90. The van der Waals surface area contributed by atoms with E-state index in [2.05, 4.69) is 5.10 Å². The molecular weight excluding hydrogens is 112 g/mol. The molecular formula is C7H10N2. The second-order valence-corrected chi connectivity index (χ2v) is 2.09. The molecule has 0 unspecified atom stereocenters. The van der Waals surface area contributed by atoms with Crippen LogP contribution >= 0.6 is 0 Å². The quantitative estimate of drug-likeness (QED) is 0.474. The van der Waals surface area contributed by atoms with E-state index in [1.165, 1.54) is 0 Å². The maximum Gasteiger partial charge on any atom is 0.0831 e. The van der Waals surface area contributed by atoms with Crippen molar-refractivity contribution in [1.29, 1.82) is 0 Å². The minimum Gasteiger partial charge on any atom is -0.303 e. The highest BCUT2D eigenvalue weighted by atomic mass is 15.4. The molecule has 0 heterocycles. The van der Waals surface area contributed by atoms with Crippen LogP contribution in [0.2, 0.25) is 0 Å². The van der Waals surface area contributed by atoms with Crippen molar-refractivity contribution in [3.05, 3.63) is 24.3 Å². The molecule has 0 aliphatic heterocycles. The van der Waals surface area contributed by atoms with Crippen LogP contribution < -0.4 is 0 Å². The smallest absolute Gasteiger partial charge is 0.0831 e. The third kappa shape index (κ3) is 1.72. The molecule has 2 heteroatoms. The molecule has 0 N–H and O–H groups in total. The highest BCUT2D eigenvalue weighted by Crippen LogP contribution is 1.95. The van der Waals surface area contributed by atoms with Crippen molar-refractivity contribution in [2.45, 2.75) is 0 Å². The predicted octanol–water partition coefficient (Wildman–Crippen LogP) is 1.03. The molecule has 2 nitrogen and oxygen atoms in total. The summed E-state index contributed by atoms with van der Waals surface area (Å²) in [6.45, 7) is 0. The van der Waals surface area contributed by atoms with E-state index in [-0.39, 0.29) is 0 Å². The van der Waals surface area contributed by atoms with E-state index in [0.29, 0.717) is 0 Å². The number of hydrazone groups is 1. The summed E-state index contributed by atoms with van der Waals surface area (Å²) < 4.78 is 0. The summed E-state index contributed by atoms with van der Waals surface area (Å²) >= 11 is 0. The summed E-state index contributed by atoms with van der Waals surface area (Å²) in [5.41, 5.74) is 1.01. The number of nitrogens with zero attached hydrogens (tertiary/aromatic N) is 2. The third-order valence-corrected chi connectivity index (χ3v) is 0.961. The van der Waals surface area contributed by atoms with E-state index < -0.39 is 0 Å². The molecule has 0 amide bonds. The number of hydrogen-bond donors (Lipinski definition) is 0. The number of hydrogen-bond acceptors (Lipinski definition) is 2. The molecule has 0 aromatic heterocycles. The Morgan fingerprint density at radius 2 is 1.78 bits per heavy atom. The molecule has 1 aliphatic rings. The molecule has 9 heavy (non-hydrogen) atoms. The first-order chi connectivity index (χ1) is 4.29. The van der Waals surface area contributed by atoms with Crippen LogP contribution in [0.1, 0.15) is 0 Å². The van der Waals surface area contributed by atoms with Gasteiger partial charge >= 0.3 is 0 Å². The molecule has 0 spiro atoms. The third-order valence-electron chi connectivity index (χ3n) is 0.961. The molecule has 0 fully saturated rings. The van der Waals surface area contributed by atoms with Crippen molar-refractivity contribution in [2.75, 3.05) is 14.1 Å². The summed E-state index contributed by atoms with van der Waals surface area (Å²) in [6.07, 6.45) is 7.89. The normalized spacial score (nSPS) is 14.7. The summed E-state index contributed by atoms with van der Waals surface area (Å²) in [5, 5.41) is 5.94. The van der Waals surface area contributed by atoms with E-state index in [9.17, 15) is 0 Å². The Kier molecular flexibility index (Phi) is 1.68. The van der Waals surface area contributed by atoms with Crippen LogP contribution in [0.25, 0.3) is 0 Å². The van der Waals surface area contributed by atoms with Crippen molar-refractivity contribution >= 4 is 5.71 Å². The van der Waals surface area contributed by atoms with Gasteiger partial charge in [-0.05, 0) is 12.2 Å². The minimum atomic E-state index is 1.01. The van der Waals surface area contributed by atoms with E-state index in [0.717, 1.165) is 5.71 Å². The lowest BCUT2D eigenvalue weighted by atomic mass is 10.4. The maximum atomic E-state index is 4.15. The average Bonchev–Trinajstić information content (AvgIpc) is 2.15. The summed E-state index contributed by atoms with van der Waals surface area (Å²) in [6, 6.07) is 0. The van der Waals surface area contributed by atoms with Gasteiger partial charge in [0.25, 0.3) is 0 Å². The lowest BCUT2D eigenvalue weighted by Crippen LogP contribution is -2.04. The van der Waals surface area contributed by atoms with Crippen LogP contribution in [-0.4, -0.2) is 24.8 Å². The van der Waals surface area contributed by atoms with Crippen LogP contribution in [-0.2, 0) is 0 Å². The first kappa shape index (κ1) is 6.08. The van der Waals surface area contributed by atoms with Gasteiger partial charge in [-0.2, -0.15) is 5.10 Å². The molecule has 0 atom stereocenters. The Labute approximate surface area is 55.2 Å². The Hall–Kier alpha value is -1.05. The van der Waals surface area contributed by atoms with Gasteiger partial charge in [0.1, 0.15) is 0 Å². The molecule has 0 radical (unpaired) electrons. The molecule has 0 bridgehead atoms. The van der Waals surface area contributed by atoms with E-state index >= 15 is 0 Å². The second kappa shape index (κ2) is 2.49. The highest BCUT2D eigenvalue weighted by Gasteiger charge is 1.91. The van der Waals surface area contributed by atoms with Gasteiger partial charge in [-0.3, -0.25) is 0 Å². The summed E-state index contributed by atoms with van der Waals surface area (Å²) in [4.78, 5) is 0. The van der Waals surface area contributed by atoms with Gasteiger partial charge in [-0.1, -0.05) is 12.2 Å². The lowest BCUT2D eigenvalue weighted by molar-refractivity contribution is 0.439. The molecule has 0 saturated heterocycles. The molecule has 0 saturated carbocycles. The SMILES string of the molecule is CN(C)N=C1C=CC=C1. The lowest BCUT2D eigenvalue weighted by Gasteiger charge is -2.02. The van der Waals surface area contributed by atoms with Crippen LogP contribution in [0.3, 0.4) is 0 Å². The van der Waals surface area contributed by atoms with Gasteiger partial charge in [0, 0.05) is 14.1 Å². The van der Waals surface area contributed by atoms with E-state index in [1.807, 2.05) is 38.4 Å². The molecule has 0 aromatic rings. The van der Waals surface area contributed by atoms with Gasteiger partial charge < -0.3 is 5.01 Å². The summed E-state index contributed by atoms with van der Waals surface area (Å²) in [7, 11) is 3.82. The number of rotatable bonds is 1. The zero-order chi connectivity index (χ0) is 6.69. The predicted molar refractivity (Wildman–Crippen MR) is 39.4 cm³/mol. The second-order valence-electron chi connectivity index (χ2n) is 2.09. The fraction of sp³-hybridized carbons (Fsp3) is 0.286. The number of allylic oxidation sites excluding steroid dienone is 4. The van der Waals surface area contributed by atoms with Gasteiger partial charge in [-0.15, -0.1) is 0 Å².